The van der Waals surface area contributed by atoms with Crippen molar-refractivity contribution in [1.29, 1.82) is 0 Å². The molecule has 1 nitrogen and oxygen atoms in total. The van der Waals surface area contributed by atoms with E-state index in [1.807, 2.05) is 19.2 Å². The van der Waals surface area contributed by atoms with Crippen molar-refractivity contribution in [2.24, 2.45) is 0 Å². The molecule has 2 aromatic rings. The van der Waals surface area contributed by atoms with Crippen molar-refractivity contribution < 1.29 is 4.39 Å². The van der Waals surface area contributed by atoms with E-state index in [1.54, 1.807) is 6.07 Å². The molecule has 0 spiro atoms. The van der Waals surface area contributed by atoms with Gasteiger partial charge in [-0.1, -0.05) is 41.9 Å². The molecule has 0 heterocycles. The van der Waals surface area contributed by atoms with Crippen LogP contribution in [0.3, 0.4) is 0 Å². The minimum atomic E-state index is -0.316. The minimum absolute atomic E-state index is 0.0284. The minimum Gasteiger partial charge on any atom is -0.309 e. The Morgan fingerprint density at radius 1 is 1.11 bits per heavy atom. The largest absolute Gasteiger partial charge is 0.309 e. The number of aryl methyl sites for hydroxylation is 1. The maximum atomic E-state index is 13.1. The lowest BCUT2D eigenvalue weighted by molar-refractivity contribution is 0.623. The molecule has 0 fully saturated rings. The zero-order chi connectivity index (χ0) is 13.1. The number of nitrogens with one attached hydrogen (secondary N) is 1. The second kappa shape index (κ2) is 5.51. The Bertz CT molecular complexity index is 554. The van der Waals surface area contributed by atoms with Crippen LogP contribution in [-0.4, -0.2) is 7.05 Å². The number of rotatable bonds is 3. The van der Waals surface area contributed by atoms with E-state index in [0.29, 0.717) is 5.02 Å². The molecule has 0 aromatic heterocycles. The smallest absolute Gasteiger partial charge is 0.124 e. The van der Waals surface area contributed by atoms with Crippen LogP contribution in [0, 0.1) is 12.7 Å². The molecule has 94 valence electrons. The van der Waals surface area contributed by atoms with Crippen LogP contribution in [0.1, 0.15) is 22.7 Å². The number of benzene rings is 2. The van der Waals surface area contributed by atoms with Crippen molar-refractivity contribution in [3.63, 3.8) is 0 Å². The standard InChI is InChI=1S/C15H15ClFN/c1-10-5-3-4-6-12(10)15(18-2)13-8-7-11(17)9-14(13)16/h3-9,15,18H,1-2H3. The summed E-state index contributed by atoms with van der Waals surface area (Å²) in [6.45, 7) is 2.05. The first-order chi connectivity index (χ1) is 8.63. The van der Waals surface area contributed by atoms with Gasteiger partial charge in [-0.25, -0.2) is 4.39 Å². The maximum Gasteiger partial charge on any atom is 0.124 e. The van der Waals surface area contributed by atoms with Crippen molar-refractivity contribution in [2.75, 3.05) is 7.05 Å². The van der Waals surface area contributed by atoms with Crippen LogP contribution in [0.25, 0.3) is 0 Å². The Balaban J connectivity index is 2.49. The molecule has 0 saturated carbocycles. The quantitative estimate of drug-likeness (QED) is 0.879. The summed E-state index contributed by atoms with van der Waals surface area (Å²) in [5.74, 6) is -0.316. The zero-order valence-electron chi connectivity index (χ0n) is 10.4. The molecule has 0 saturated heterocycles. The van der Waals surface area contributed by atoms with E-state index >= 15 is 0 Å². The van der Waals surface area contributed by atoms with Gasteiger partial charge in [-0.05, 0) is 42.8 Å². The fraction of sp³-hybridized carbons (Fsp3) is 0.200. The van der Waals surface area contributed by atoms with Gasteiger partial charge in [0.15, 0.2) is 0 Å². The first kappa shape index (κ1) is 13.1. The van der Waals surface area contributed by atoms with Gasteiger partial charge in [-0.3, -0.25) is 0 Å². The molecule has 1 unspecified atom stereocenters. The van der Waals surface area contributed by atoms with Gasteiger partial charge in [-0.15, -0.1) is 0 Å². The normalized spacial score (nSPS) is 12.4. The number of hydrogen-bond donors (Lipinski definition) is 1. The highest BCUT2D eigenvalue weighted by atomic mass is 35.5. The molecular weight excluding hydrogens is 249 g/mol. The third-order valence-corrected chi connectivity index (χ3v) is 3.39. The molecule has 0 amide bonds. The van der Waals surface area contributed by atoms with Gasteiger partial charge in [0.25, 0.3) is 0 Å². The first-order valence-electron chi connectivity index (χ1n) is 5.81. The summed E-state index contributed by atoms with van der Waals surface area (Å²) in [5, 5.41) is 3.67. The van der Waals surface area contributed by atoms with Crippen LogP contribution < -0.4 is 5.32 Å². The lowest BCUT2D eigenvalue weighted by Gasteiger charge is -2.20. The summed E-state index contributed by atoms with van der Waals surface area (Å²) in [5.41, 5.74) is 3.21. The van der Waals surface area contributed by atoms with E-state index in [4.69, 9.17) is 11.6 Å². The summed E-state index contributed by atoms with van der Waals surface area (Å²) >= 11 is 6.13. The van der Waals surface area contributed by atoms with E-state index < -0.39 is 0 Å². The van der Waals surface area contributed by atoms with Gasteiger partial charge in [0, 0.05) is 5.02 Å². The molecular formula is C15H15ClFN. The van der Waals surface area contributed by atoms with E-state index in [-0.39, 0.29) is 11.9 Å². The average Bonchev–Trinajstić information content (AvgIpc) is 2.34. The van der Waals surface area contributed by atoms with Gasteiger partial charge in [-0.2, -0.15) is 0 Å². The van der Waals surface area contributed by atoms with Crippen LogP contribution in [0.2, 0.25) is 5.02 Å². The molecule has 0 aliphatic rings. The Hall–Kier alpha value is -1.38. The van der Waals surface area contributed by atoms with Crippen molar-refractivity contribution in [2.45, 2.75) is 13.0 Å². The van der Waals surface area contributed by atoms with Crippen molar-refractivity contribution >= 4 is 11.6 Å². The Morgan fingerprint density at radius 2 is 1.83 bits per heavy atom. The highest BCUT2D eigenvalue weighted by Crippen LogP contribution is 2.30. The highest BCUT2D eigenvalue weighted by molar-refractivity contribution is 6.31. The fourth-order valence-corrected chi connectivity index (χ4v) is 2.40. The van der Waals surface area contributed by atoms with Crippen molar-refractivity contribution in [3.05, 3.63) is 70.0 Å². The molecule has 0 aliphatic heterocycles. The number of halogens is 2. The van der Waals surface area contributed by atoms with Crippen LogP contribution in [-0.2, 0) is 0 Å². The van der Waals surface area contributed by atoms with Crippen LogP contribution in [0.4, 0.5) is 4.39 Å². The van der Waals surface area contributed by atoms with Crippen molar-refractivity contribution in [3.8, 4) is 0 Å². The molecule has 2 aromatic carbocycles. The monoisotopic (exact) mass is 263 g/mol. The highest BCUT2D eigenvalue weighted by Gasteiger charge is 2.16. The average molecular weight is 264 g/mol. The zero-order valence-corrected chi connectivity index (χ0v) is 11.1. The Morgan fingerprint density at radius 3 is 2.44 bits per heavy atom. The van der Waals surface area contributed by atoms with Crippen molar-refractivity contribution in [1.82, 2.24) is 5.32 Å². The topological polar surface area (TPSA) is 12.0 Å². The lowest BCUT2D eigenvalue weighted by atomic mass is 9.95. The van der Waals surface area contributed by atoms with Crippen LogP contribution in [0.15, 0.2) is 42.5 Å². The van der Waals surface area contributed by atoms with Gasteiger partial charge in [0.2, 0.25) is 0 Å². The third kappa shape index (κ3) is 2.55. The number of hydrogen-bond acceptors (Lipinski definition) is 1. The van der Waals surface area contributed by atoms with Gasteiger partial charge in [0.1, 0.15) is 5.82 Å². The molecule has 0 radical (unpaired) electrons. The molecule has 2 rings (SSSR count). The van der Waals surface area contributed by atoms with Gasteiger partial charge < -0.3 is 5.32 Å². The van der Waals surface area contributed by atoms with E-state index in [2.05, 4.69) is 24.4 Å². The van der Waals surface area contributed by atoms with Crippen LogP contribution in [0.5, 0.6) is 0 Å². The molecule has 18 heavy (non-hydrogen) atoms. The lowest BCUT2D eigenvalue weighted by Crippen LogP contribution is -2.19. The first-order valence-corrected chi connectivity index (χ1v) is 6.19. The molecule has 0 aliphatic carbocycles. The van der Waals surface area contributed by atoms with Crippen LogP contribution >= 0.6 is 11.6 Å². The second-order valence-corrected chi connectivity index (χ2v) is 4.65. The Kier molecular flexibility index (Phi) is 4.00. The Labute approximate surface area is 112 Å². The molecule has 3 heteroatoms. The summed E-state index contributed by atoms with van der Waals surface area (Å²) in [6, 6.07) is 12.6. The maximum absolute atomic E-state index is 13.1. The van der Waals surface area contributed by atoms with E-state index in [9.17, 15) is 4.39 Å². The van der Waals surface area contributed by atoms with E-state index in [0.717, 1.165) is 11.1 Å². The predicted octanol–water partition coefficient (Wildman–Crippen LogP) is 4.10. The van der Waals surface area contributed by atoms with E-state index in [1.165, 1.54) is 17.7 Å². The molecule has 0 bridgehead atoms. The fourth-order valence-electron chi connectivity index (χ4n) is 2.12. The molecule has 1 N–H and O–H groups in total. The summed E-state index contributed by atoms with van der Waals surface area (Å²) < 4.78 is 13.1. The predicted molar refractivity (Wildman–Crippen MR) is 73.5 cm³/mol. The summed E-state index contributed by atoms with van der Waals surface area (Å²) in [4.78, 5) is 0. The molecule has 1 atom stereocenters. The van der Waals surface area contributed by atoms with Gasteiger partial charge in [0.05, 0.1) is 6.04 Å². The summed E-state index contributed by atoms with van der Waals surface area (Å²) in [6.07, 6.45) is 0. The summed E-state index contributed by atoms with van der Waals surface area (Å²) in [7, 11) is 1.87. The SMILES string of the molecule is CNC(c1ccccc1C)c1ccc(F)cc1Cl. The third-order valence-electron chi connectivity index (χ3n) is 3.06. The van der Waals surface area contributed by atoms with Gasteiger partial charge >= 0.3 is 0 Å². The second-order valence-electron chi connectivity index (χ2n) is 4.24.